The number of hydrogen-bond donors (Lipinski definition) is 1. The minimum Gasteiger partial charge on any atom is -0.508 e. The van der Waals surface area contributed by atoms with Gasteiger partial charge in [-0.1, -0.05) is 18.6 Å². The fourth-order valence-corrected chi connectivity index (χ4v) is 3.51. The highest BCUT2D eigenvalue weighted by Gasteiger charge is 2.23. The third kappa shape index (κ3) is 3.94. The Bertz CT molecular complexity index is 633. The van der Waals surface area contributed by atoms with Crippen molar-refractivity contribution in [2.24, 2.45) is 7.05 Å². The molecule has 1 aliphatic rings. The molecule has 1 unspecified atom stereocenters. The van der Waals surface area contributed by atoms with Crippen LogP contribution in [0.3, 0.4) is 0 Å². The molecule has 0 amide bonds. The summed E-state index contributed by atoms with van der Waals surface area (Å²) in [6.07, 6.45) is 8.20. The van der Waals surface area contributed by atoms with E-state index in [0.717, 1.165) is 13.0 Å². The second kappa shape index (κ2) is 7.18. The minimum atomic E-state index is 0.347. The van der Waals surface area contributed by atoms with Crippen LogP contribution in [0.2, 0.25) is 0 Å². The second-order valence-electron chi connectivity index (χ2n) is 6.70. The Morgan fingerprint density at radius 1 is 1.22 bits per heavy atom. The maximum absolute atomic E-state index is 9.39. The molecule has 1 aliphatic heterocycles. The molecule has 3 rings (SSSR count). The standard InChI is InChI=1S/C19H27N3O/c1-15-17(13-20-21(15)2)14-22-12-4-3-5-18(22)9-6-16-7-10-19(23)11-8-16/h7-8,10-11,13,18,23H,3-6,9,12,14H2,1-2H3. The van der Waals surface area contributed by atoms with Gasteiger partial charge >= 0.3 is 0 Å². The van der Waals surface area contributed by atoms with Crippen molar-refractivity contribution < 1.29 is 5.11 Å². The Balaban J connectivity index is 1.62. The summed E-state index contributed by atoms with van der Waals surface area (Å²) in [7, 11) is 2.01. The Hall–Kier alpha value is -1.81. The van der Waals surface area contributed by atoms with E-state index in [-0.39, 0.29) is 0 Å². The predicted molar refractivity (Wildman–Crippen MR) is 92.4 cm³/mol. The van der Waals surface area contributed by atoms with E-state index >= 15 is 0 Å². The number of likely N-dealkylation sites (tertiary alicyclic amines) is 1. The largest absolute Gasteiger partial charge is 0.508 e. The van der Waals surface area contributed by atoms with Crippen molar-refractivity contribution in [3.63, 3.8) is 0 Å². The Kier molecular flexibility index (Phi) is 5.01. The number of phenols is 1. The SMILES string of the molecule is Cc1c(CN2CCCCC2CCc2ccc(O)cc2)cnn1C. The molecule has 1 fully saturated rings. The summed E-state index contributed by atoms with van der Waals surface area (Å²) in [5, 5.41) is 13.8. The smallest absolute Gasteiger partial charge is 0.115 e. The predicted octanol–water partition coefficient (Wildman–Crippen LogP) is 3.42. The van der Waals surface area contributed by atoms with Crippen molar-refractivity contribution in [2.75, 3.05) is 6.54 Å². The van der Waals surface area contributed by atoms with E-state index in [1.807, 2.05) is 30.1 Å². The molecule has 1 atom stereocenters. The lowest BCUT2D eigenvalue weighted by Crippen LogP contribution is -2.39. The zero-order valence-corrected chi connectivity index (χ0v) is 14.2. The highest BCUT2D eigenvalue weighted by atomic mass is 16.3. The van der Waals surface area contributed by atoms with Crippen LogP contribution in [-0.4, -0.2) is 32.4 Å². The number of hydrogen-bond acceptors (Lipinski definition) is 3. The molecule has 4 heteroatoms. The van der Waals surface area contributed by atoms with Gasteiger partial charge in [0, 0.05) is 30.9 Å². The van der Waals surface area contributed by atoms with Gasteiger partial charge in [0.05, 0.1) is 6.20 Å². The fraction of sp³-hybridized carbons (Fsp3) is 0.526. The fourth-order valence-electron chi connectivity index (χ4n) is 3.51. The summed E-state index contributed by atoms with van der Waals surface area (Å²) in [4.78, 5) is 2.63. The number of aromatic nitrogens is 2. The summed E-state index contributed by atoms with van der Waals surface area (Å²) >= 11 is 0. The number of piperidine rings is 1. The first-order chi connectivity index (χ1) is 11.1. The van der Waals surface area contributed by atoms with Gasteiger partial charge in [-0.2, -0.15) is 5.10 Å². The van der Waals surface area contributed by atoms with Crippen molar-refractivity contribution in [3.8, 4) is 5.75 Å². The average Bonchev–Trinajstić information content (AvgIpc) is 2.88. The van der Waals surface area contributed by atoms with Crippen molar-refractivity contribution in [2.45, 2.75) is 51.6 Å². The molecule has 124 valence electrons. The molecule has 0 spiro atoms. The van der Waals surface area contributed by atoms with Crippen LogP contribution in [-0.2, 0) is 20.0 Å². The highest BCUT2D eigenvalue weighted by molar-refractivity contribution is 5.26. The highest BCUT2D eigenvalue weighted by Crippen LogP contribution is 2.24. The van der Waals surface area contributed by atoms with Gasteiger partial charge in [0.2, 0.25) is 0 Å². The molecule has 0 bridgehead atoms. The van der Waals surface area contributed by atoms with E-state index in [0.29, 0.717) is 11.8 Å². The molecule has 0 aliphatic carbocycles. The van der Waals surface area contributed by atoms with Gasteiger partial charge in [-0.25, -0.2) is 0 Å². The molecule has 1 aromatic carbocycles. The Labute approximate surface area is 138 Å². The first-order valence-corrected chi connectivity index (χ1v) is 8.63. The molecule has 4 nitrogen and oxygen atoms in total. The monoisotopic (exact) mass is 313 g/mol. The number of rotatable bonds is 5. The van der Waals surface area contributed by atoms with Crippen LogP contribution >= 0.6 is 0 Å². The number of aromatic hydroxyl groups is 1. The molecule has 1 saturated heterocycles. The number of nitrogens with zero attached hydrogens (tertiary/aromatic N) is 3. The topological polar surface area (TPSA) is 41.3 Å². The van der Waals surface area contributed by atoms with Gasteiger partial charge in [0.1, 0.15) is 5.75 Å². The quantitative estimate of drug-likeness (QED) is 0.919. The maximum atomic E-state index is 9.39. The molecule has 0 saturated carbocycles. The third-order valence-electron chi connectivity index (χ3n) is 5.16. The lowest BCUT2D eigenvalue weighted by molar-refractivity contribution is 0.132. The molecule has 2 aromatic rings. The van der Waals surface area contributed by atoms with E-state index in [9.17, 15) is 5.11 Å². The van der Waals surface area contributed by atoms with Crippen LogP contribution in [0.1, 0.15) is 42.5 Å². The number of benzene rings is 1. The van der Waals surface area contributed by atoms with Crippen molar-refractivity contribution in [3.05, 3.63) is 47.3 Å². The van der Waals surface area contributed by atoms with Gasteiger partial charge in [-0.15, -0.1) is 0 Å². The van der Waals surface area contributed by atoms with Crippen LogP contribution in [0.4, 0.5) is 0 Å². The summed E-state index contributed by atoms with van der Waals surface area (Å²) in [6.45, 7) is 4.35. The van der Waals surface area contributed by atoms with Gasteiger partial charge in [0.15, 0.2) is 0 Å². The first-order valence-electron chi connectivity index (χ1n) is 8.63. The Morgan fingerprint density at radius 2 is 2.00 bits per heavy atom. The van der Waals surface area contributed by atoms with Crippen molar-refractivity contribution >= 4 is 0 Å². The average molecular weight is 313 g/mol. The van der Waals surface area contributed by atoms with Gasteiger partial charge in [0.25, 0.3) is 0 Å². The van der Waals surface area contributed by atoms with E-state index in [2.05, 4.69) is 16.9 Å². The molecular weight excluding hydrogens is 286 g/mol. The Morgan fingerprint density at radius 3 is 2.70 bits per heavy atom. The zero-order valence-electron chi connectivity index (χ0n) is 14.2. The molecule has 0 radical (unpaired) electrons. The van der Waals surface area contributed by atoms with Crippen molar-refractivity contribution in [1.82, 2.24) is 14.7 Å². The van der Waals surface area contributed by atoms with E-state index in [1.165, 1.54) is 49.0 Å². The molecular formula is C19H27N3O. The van der Waals surface area contributed by atoms with Crippen molar-refractivity contribution in [1.29, 1.82) is 0 Å². The van der Waals surface area contributed by atoms with Gasteiger partial charge in [-0.3, -0.25) is 9.58 Å². The minimum absolute atomic E-state index is 0.347. The van der Waals surface area contributed by atoms with E-state index < -0.39 is 0 Å². The third-order valence-corrected chi connectivity index (χ3v) is 5.16. The lowest BCUT2D eigenvalue weighted by Gasteiger charge is -2.35. The lowest BCUT2D eigenvalue weighted by atomic mass is 9.95. The van der Waals surface area contributed by atoms with Gasteiger partial charge in [-0.05, 0) is 56.8 Å². The van der Waals surface area contributed by atoms with E-state index in [1.54, 1.807) is 12.1 Å². The second-order valence-corrected chi connectivity index (χ2v) is 6.70. The van der Waals surface area contributed by atoms with Crippen LogP contribution in [0.25, 0.3) is 0 Å². The normalized spacial score (nSPS) is 19.1. The van der Waals surface area contributed by atoms with Crippen LogP contribution in [0.15, 0.2) is 30.5 Å². The summed E-state index contributed by atoms with van der Waals surface area (Å²) in [5.74, 6) is 0.347. The van der Waals surface area contributed by atoms with E-state index in [4.69, 9.17) is 0 Å². The summed E-state index contributed by atoms with van der Waals surface area (Å²) < 4.78 is 1.96. The number of phenolic OH excluding ortho intramolecular Hbond substituents is 1. The molecule has 23 heavy (non-hydrogen) atoms. The zero-order chi connectivity index (χ0) is 16.2. The summed E-state index contributed by atoms with van der Waals surface area (Å²) in [6, 6.07) is 8.29. The van der Waals surface area contributed by atoms with Gasteiger partial charge < -0.3 is 5.11 Å². The first kappa shape index (κ1) is 16.1. The molecule has 1 N–H and O–H groups in total. The van der Waals surface area contributed by atoms with Crippen LogP contribution in [0, 0.1) is 6.92 Å². The molecule has 1 aromatic heterocycles. The van der Waals surface area contributed by atoms with Crippen LogP contribution < -0.4 is 0 Å². The summed E-state index contributed by atoms with van der Waals surface area (Å²) in [5.41, 5.74) is 3.93. The molecule has 2 heterocycles. The van der Waals surface area contributed by atoms with Crippen LogP contribution in [0.5, 0.6) is 5.75 Å². The number of aryl methyl sites for hydroxylation is 2. The maximum Gasteiger partial charge on any atom is 0.115 e.